The average Bonchev–Trinajstić information content (AvgIpc) is 2.60. The summed E-state index contributed by atoms with van der Waals surface area (Å²) in [4.78, 5) is 13.4. The summed E-state index contributed by atoms with van der Waals surface area (Å²) < 4.78 is 0. The van der Waals surface area contributed by atoms with E-state index in [2.05, 4.69) is 0 Å². The topological polar surface area (TPSA) is 44.1 Å². The van der Waals surface area contributed by atoms with Crippen LogP contribution in [0.2, 0.25) is 0 Å². The summed E-state index contributed by atoms with van der Waals surface area (Å²) >= 11 is 0. The molecule has 0 aliphatic carbocycles. The Morgan fingerprint density at radius 2 is 2.20 bits per heavy atom. The molecule has 1 atom stereocenters. The number of nitriles is 1. The first-order valence-electron chi connectivity index (χ1n) is 4.95. The van der Waals surface area contributed by atoms with Gasteiger partial charge in [0.05, 0.1) is 12.6 Å². The first-order valence-corrected chi connectivity index (χ1v) is 4.95. The number of Topliss-reactive ketones (excluding diaryl/α,β-unsaturated/α-hetero) is 1. The molecule has 0 N–H and O–H groups in total. The van der Waals surface area contributed by atoms with Crippen molar-refractivity contribution < 1.29 is 4.79 Å². The minimum Gasteiger partial charge on any atom is -0.362 e. The molecule has 0 unspecified atom stereocenters. The Morgan fingerprint density at radius 1 is 1.47 bits per heavy atom. The Hall–Kier alpha value is -1.82. The third-order valence-electron chi connectivity index (χ3n) is 2.75. The maximum absolute atomic E-state index is 11.4. The minimum absolute atomic E-state index is 0.0285. The number of anilines is 1. The third-order valence-corrected chi connectivity index (χ3v) is 2.75. The van der Waals surface area contributed by atoms with Gasteiger partial charge < -0.3 is 4.90 Å². The molecule has 2 rings (SSSR count). The van der Waals surface area contributed by atoms with Gasteiger partial charge in [0.1, 0.15) is 5.92 Å². The van der Waals surface area contributed by atoms with Crippen molar-refractivity contribution in [2.45, 2.75) is 6.92 Å². The monoisotopic (exact) mass is 200 g/mol. The second-order valence-electron chi connectivity index (χ2n) is 3.82. The van der Waals surface area contributed by atoms with Crippen LogP contribution in [0.25, 0.3) is 0 Å². The third kappa shape index (κ3) is 1.71. The number of carbonyl (C=O) groups excluding carboxylic acids is 1. The van der Waals surface area contributed by atoms with Crippen LogP contribution >= 0.6 is 0 Å². The number of hydrogen-bond donors (Lipinski definition) is 0. The summed E-state index contributed by atoms with van der Waals surface area (Å²) in [5.41, 5.74) is 2.20. The first kappa shape index (κ1) is 9.72. The first-order chi connectivity index (χ1) is 7.22. The van der Waals surface area contributed by atoms with Gasteiger partial charge in [0.25, 0.3) is 0 Å². The van der Waals surface area contributed by atoms with Crippen LogP contribution in [0.1, 0.15) is 5.56 Å². The highest BCUT2D eigenvalue weighted by molar-refractivity contribution is 5.91. The van der Waals surface area contributed by atoms with E-state index in [9.17, 15) is 4.79 Å². The van der Waals surface area contributed by atoms with Crippen LogP contribution in [0, 0.1) is 24.2 Å². The Kier molecular flexibility index (Phi) is 2.42. The smallest absolute Gasteiger partial charge is 0.170 e. The molecule has 0 amide bonds. The van der Waals surface area contributed by atoms with E-state index in [1.165, 1.54) is 0 Å². The van der Waals surface area contributed by atoms with Crippen LogP contribution < -0.4 is 4.90 Å². The van der Waals surface area contributed by atoms with E-state index in [1.807, 2.05) is 42.2 Å². The lowest BCUT2D eigenvalue weighted by Crippen LogP contribution is -2.20. The number of carbonyl (C=O) groups is 1. The highest BCUT2D eigenvalue weighted by Gasteiger charge is 2.31. The second kappa shape index (κ2) is 3.74. The van der Waals surface area contributed by atoms with E-state index in [-0.39, 0.29) is 5.78 Å². The van der Waals surface area contributed by atoms with E-state index >= 15 is 0 Å². The Balaban J connectivity index is 2.25. The molecule has 0 aromatic heterocycles. The number of nitrogens with zero attached hydrogens (tertiary/aromatic N) is 2. The predicted molar refractivity (Wildman–Crippen MR) is 57.5 cm³/mol. The molecule has 1 saturated heterocycles. The quantitative estimate of drug-likeness (QED) is 0.690. The summed E-state index contributed by atoms with van der Waals surface area (Å²) in [6.07, 6.45) is 0. The fourth-order valence-electron chi connectivity index (χ4n) is 1.90. The van der Waals surface area contributed by atoms with Crippen molar-refractivity contribution in [2.24, 2.45) is 5.92 Å². The van der Waals surface area contributed by atoms with Crippen molar-refractivity contribution in [2.75, 3.05) is 18.0 Å². The molecule has 0 radical (unpaired) electrons. The Bertz CT molecular complexity index is 433. The number of benzene rings is 1. The zero-order chi connectivity index (χ0) is 10.8. The molecule has 1 aliphatic rings. The van der Waals surface area contributed by atoms with Crippen molar-refractivity contribution in [1.29, 1.82) is 5.26 Å². The molecule has 0 spiro atoms. The van der Waals surface area contributed by atoms with Crippen LogP contribution in [0.3, 0.4) is 0 Å². The molecule has 3 nitrogen and oxygen atoms in total. The molecule has 1 fully saturated rings. The van der Waals surface area contributed by atoms with Crippen molar-refractivity contribution in [3.63, 3.8) is 0 Å². The summed E-state index contributed by atoms with van der Waals surface area (Å²) in [6, 6.07) is 9.97. The maximum atomic E-state index is 11.4. The van der Waals surface area contributed by atoms with Gasteiger partial charge in [0.2, 0.25) is 0 Å². The van der Waals surface area contributed by atoms with Gasteiger partial charge in [-0.05, 0) is 18.6 Å². The van der Waals surface area contributed by atoms with Gasteiger partial charge in [-0.25, -0.2) is 0 Å². The van der Waals surface area contributed by atoms with Gasteiger partial charge >= 0.3 is 0 Å². The van der Waals surface area contributed by atoms with E-state index in [0.717, 1.165) is 11.3 Å². The van der Waals surface area contributed by atoms with Gasteiger partial charge in [-0.3, -0.25) is 4.79 Å². The predicted octanol–water partition coefficient (Wildman–Crippen LogP) is 1.52. The lowest BCUT2D eigenvalue weighted by Gasteiger charge is -2.18. The summed E-state index contributed by atoms with van der Waals surface area (Å²) in [5.74, 6) is -0.426. The Morgan fingerprint density at radius 3 is 2.80 bits per heavy atom. The minimum atomic E-state index is -0.454. The van der Waals surface area contributed by atoms with Gasteiger partial charge in [0.15, 0.2) is 5.78 Å². The number of hydrogen-bond acceptors (Lipinski definition) is 3. The molecular weight excluding hydrogens is 188 g/mol. The number of rotatable bonds is 1. The normalized spacial score (nSPS) is 20.4. The lowest BCUT2D eigenvalue weighted by molar-refractivity contribution is -0.118. The standard InChI is InChI=1S/C12H12N2O/c1-9-4-2-3-5-11(9)14-7-10(6-13)12(15)8-14/h2-5,10H,7-8H2,1H3/t10-/m1/s1. The van der Waals surface area contributed by atoms with Crippen molar-refractivity contribution in [1.82, 2.24) is 0 Å². The SMILES string of the molecule is Cc1ccccc1N1CC(=O)[C@H](C#N)C1. The molecule has 1 heterocycles. The number of aryl methyl sites for hydroxylation is 1. The molecule has 0 bridgehead atoms. The van der Waals surface area contributed by atoms with Gasteiger partial charge in [0, 0.05) is 12.2 Å². The van der Waals surface area contributed by atoms with Crippen LogP contribution in [-0.4, -0.2) is 18.9 Å². The van der Waals surface area contributed by atoms with Crippen molar-refractivity contribution in [3.05, 3.63) is 29.8 Å². The molecule has 15 heavy (non-hydrogen) atoms. The summed E-state index contributed by atoms with van der Waals surface area (Å²) in [5, 5.41) is 8.77. The van der Waals surface area contributed by atoms with E-state index in [4.69, 9.17) is 5.26 Å². The van der Waals surface area contributed by atoms with E-state index in [1.54, 1.807) is 0 Å². The second-order valence-corrected chi connectivity index (χ2v) is 3.82. The lowest BCUT2D eigenvalue weighted by atomic mass is 10.1. The zero-order valence-electron chi connectivity index (χ0n) is 8.60. The molecule has 1 aliphatic heterocycles. The molecule has 1 aromatic carbocycles. The molecular formula is C12H12N2O. The Labute approximate surface area is 88.9 Å². The highest BCUT2D eigenvalue weighted by atomic mass is 16.1. The fraction of sp³-hybridized carbons (Fsp3) is 0.333. The molecule has 3 heteroatoms. The van der Waals surface area contributed by atoms with Crippen molar-refractivity contribution >= 4 is 11.5 Å². The maximum Gasteiger partial charge on any atom is 0.170 e. The largest absolute Gasteiger partial charge is 0.362 e. The molecule has 76 valence electrons. The molecule has 0 saturated carbocycles. The number of ketones is 1. The summed E-state index contributed by atoms with van der Waals surface area (Å²) in [7, 11) is 0. The van der Waals surface area contributed by atoms with Crippen LogP contribution in [0.4, 0.5) is 5.69 Å². The zero-order valence-corrected chi connectivity index (χ0v) is 8.60. The average molecular weight is 200 g/mol. The van der Waals surface area contributed by atoms with Gasteiger partial charge in [-0.2, -0.15) is 5.26 Å². The molecule has 1 aromatic rings. The van der Waals surface area contributed by atoms with Crippen LogP contribution in [-0.2, 0) is 4.79 Å². The highest BCUT2D eigenvalue weighted by Crippen LogP contribution is 2.24. The van der Waals surface area contributed by atoms with Crippen molar-refractivity contribution in [3.8, 4) is 6.07 Å². The number of para-hydroxylation sites is 1. The van der Waals surface area contributed by atoms with Gasteiger partial charge in [-0.1, -0.05) is 18.2 Å². The fourth-order valence-corrected chi connectivity index (χ4v) is 1.90. The van der Waals surface area contributed by atoms with E-state index in [0.29, 0.717) is 13.1 Å². The van der Waals surface area contributed by atoms with E-state index < -0.39 is 5.92 Å². The van der Waals surface area contributed by atoms with Gasteiger partial charge in [-0.15, -0.1) is 0 Å². The van der Waals surface area contributed by atoms with Crippen LogP contribution in [0.5, 0.6) is 0 Å². The van der Waals surface area contributed by atoms with Crippen LogP contribution in [0.15, 0.2) is 24.3 Å². The summed E-state index contributed by atoms with van der Waals surface area (Å²) in [6.45, 7) is 2.91.